The van der Waals surface area contributed by atoms with Gasteiger partial charge in [-0.2, -0.15) is 0 Å². The molecule has 0 N–H and O–H groups in total. The zero-order valence-electron chi connectivity index (χ0n) is 10.9. The molecule has 0 saturated heterocycles. The Balaban J connectivity index is 2.68. The van der Waals surface area contributed by atoms with Crippen LogP contribution in [0, 0.1) is 11.8 Å². The van der Waals surface area contributed by atoms with Crippen molar-refractivity contribution in [3.05, 3.63) is 24.0 Å². The Morgan fingerprint density at radius 3 is 2.44 bits per heavy atom. The highest BCUT2D eigenvalue weighted by molar-refractivity contribution is 5.97. The van der Waals surface area contributed by atoms with Crippen LogP contribution in [0.3, 0.4) is 0 Å². The second-order valence-electron chi connectivity index (χ2n) is 4.80. The lowest BCUT2D eigenvalue weighted by atomic mass is 10.0. The third-order valence-corrected chi connectivity index (χ3v) is 3.18. The first-order valence-corrected chi connectivity index (χ1v) is 6.28. The predicted molar refractivity (Wildman–Crippen MR) is 67.7 cm³/mol. The first kappa shape index (κ1) is 13.0. The minimum Gasteiger partial charge on any atom is -0.353 e. The van der Waals surface area contributed by atoms with E-state index >= 15 is 0 Å². The molecule has 0 aliphatic heterocycles. The molecule has 0 atom stereocenters. The molecular weight excluding hydrogens is 198 g/mol. The number of hydrogen-bond acceptors (Lipinski definition) is 1. The molecule has 0 saturated carbocycles. The van der Waals surface area contributed by atoms with Gasteiger partial charge in [-0.15, -0.1) is 0 Å². The number of carbonyl (C=O) groups excluding carboxylic acids is 1. The minimum atomic E-state index is 0.0870. The number of rotatable bonds is 6. The lowest BCUT2D eigenvalue weighted by Crippen LogP contribution is -2.09. The van der Waals surface area contributed by atoms with Crippen LogP contribution in [-0.2, 0) is 6.54 Å². The van der Waals surface area contributed by atoms with E-state index in [2.05, 4.69) is 18.4 Å². The first-order valence-electron chi connectivity index (χ1n) is 6.28. The fraction of sp³-hybridized carbons (Fsp3) is 0.643. The van der Waals surface area contributed by atoms with Crippen molar-refractivity contribution in [2.24, 2.45) is 11.8 Å². The van der Waals surface area contributed by atoms with Crippen LogP contribution in [0.1, 0.15) is 50.9 Å². The average Bonchev–Trinajstić information content (AvgIpc) is 2.73. The van der Waals surface area contributed by atoms with Gasteiger partial charge in [-0.05, 0) is 12.0 Å². The van der Waals surface area contributed by atoms with Crippen molar-refractivity contribution in [3.63, 3.8) is 0 Å². The molecule has 0 spiro atoms. The standard InChI is InChI=1S/C14H23NO/c1-5-12(6-2)9-15-8-7-13(10-15)14(16)11(3)4/h7-8,10-12H,5-6,9H2,1-4H3. The Bertz CT molecular complexity index is 334. The SMILES string of the molecule is CCC(CC)Cn1ccc(C(=O)C(C)C)c1. The number of nitrogens with zero attached hydrogens (tertiary/aromatic N) is 1. The van der Waals surface area contributed by atoms with Gasteiger partial charge in [-0.3, -0.25) is 4.79 Å². The molecule has 1 aromatic rings. The number of ketones is 1. The Morgan fingerprint density at radius 1 is 1.31 bits per heavy atom. The fourth-order valence-corrected chi connectivity index (χ4v) is 1.88. The largest absolute Gasteiger partial charge is 0.353 e. The van der Waals surface area contributed by atoms with Crippen LogP contribution in [-0.4, -0.2) is 10.4 Å². The van der Waals surface area contributed by atoms with Crippen LogP contribution < -0.4 is 0 Å². The summed E-state index contributed by atoms with van der Waals surface area (Å²) in [6, 6.07) is 1.94. The van der Waals surface area contributed by atoms with Crippen LogP contribution in [0.15, 0.2) is 18.5 Å². The molecular formula is C14H23NO. The molecule has 2 heteroatoms. The van der Waals surface area contributed by atoms with E-state index < -0.39 is 0 Å². The zero-order chi connectivity index (χ0) is 12.1. The van der Waals surface area contributed by atoms with Gasteiger partial charge in [0.1, 0.15) is 0 Å². The van der Waals surface area contributed by atoms with Crippen LogP contribution in [0.4, 0.5) is 0 Å². The summed E-state index contributed by atoms with van der Waals surface area (Å²) in [5.41, 5.74) is 0.848. The monoisotopic (exact) mass is 221 g/mol. The highest BCUT2D eigenvalue weighted by Crippen LogP contribution is 2.14. The van der Waals surface area contributed by atoms with Crippen molar-refractivity contribution in [1.82, 2.24) is 4.57 Å². The topological polar surface area (TPSA) is 22.0 Å². The molecule has 0 fully saturated rings. The van der Waals surface area contributed by atoms with E-state index in [9.17, 15) is 4.79 Å². The van der Waals surface area contributed by atoms with Gasteiger partial charge in [0, 0.05) is 30.4 Å². The predicted octanol–water partition coefficient (Wildman–Crippen LogP) is 3.76. The summed E-state index contributed by atoms with van der Waals surface area (Å²) in [5.74, 6) is 1.04. The van der Waals surface area contributed by atoms with Gasteiger partial charge in [0.25, 0.3) is 0 Å². The lowest BCUT2D eigenvalue weighted by Gasteiger charge is -2.12. The van der Waals surface area contributed by atoms with E-state index in [0.717, 1.165) is 18.0 Å². The van der Waals surface area contributed by atoms with Gasteiger partial charge in [0.2, 0.25) is 0 Å². The summed E-state index contributed by atoms with van der Waals surface area (Å²) in [4.78, 5) is 11.8. The first-order chi connectivity index (χ1) is 7.58. The number of hydrogen-bond donors (Lipinski definition) is 0. The Labute approximate surface area is 98.7 Å². The van der Waals surface area contributed by atoms with Crippen LogP contribution >= 0.6 is 0 Å². The summed E-state index contributed by atoms with van der Waals surface area (Å²) < 4.78 is 2.15. The maximum absolute atomic E-state index is 11.8. The molecule has 1 aromatic heterocycles. The summed E-state index contributed by atoms with van der Waals surface area (Å²) in [5, 5.41) is 0. The molecule has 0 unspecified atom stereocenters. The number of aromatic nitrogens is 1. The van der Waals surface area contributed by atoms with Crippen LogP contribution in [0.5, 0.6) is 0 Å². The van der Waals surface area contributed by atoms with Gasteiger partial charge in [-0.1, -0.05) is 40.5 Å². The van der Waals surface area contributed by atoms with E-state index in [1.165, 1.54) is 12.8 Å². The van der Waals surface area contributed by atoms with Crippen molar-refractivity contribution in [1.29, 1.82) is 0 Å². The molecule has 16 heavy (non-hydrogen) atoms. The summed E-state index contributed by atoms with van der Waals surface area (Å²) >= 11 is 0. The van der Waals surface area contributed by atoms with E-state index in [0.29, 0.717) is 0 Å². The van der Waals surface area contributed by atoms with E-state index in [1.54, 1.807) is 0 Å². The zero-order valence-corrected chi connectivity index (χ0v) is 10.9. The van der Waals surface area contributed by atoms with Crippen molar-refractivity contribution in [2.45, 2.75) is 47.1 Å². The fourth-order valence-electron chi connectivity index (χ4n) is 1.88. The second kappa shape index (κ2) is 5.88. The van der Waals surface area contributed by atoms with Gasteiger partial charge < -0.3 is 4.57 Å². The smallest absolute Gasteiger partial charge is 0.166 e. The van der Waals surface area contributed by atoms with Crippen molar-refractivity contribution in [2.75, 3.05) is 0 Å². The highest BCUT2D eigenvalue weighted by Gasteiger charge is 2.12. The third-order valence-electron chi connectivity index (χ3n) is 3.18. The molecule has 0 bridgehead atoms. The van der Waals surface area contributed by atoms with Crippen molar-refractivity contribution < 1.29 is 4.79 Å². The summed E-state index contributed by atoms with van der Waals surface area (Å²) in [7, 11) is 0. The van der Waals surface area contributed by atoms with Gasteiger partial charge in [0.15, 0.2) is 5.78 Å². The molecule has 0 aliphatic carbocycles. The summed E-state index contributed by atoms with van der Waals surface area (Å²) in [6.07, 6.45) is 6.40. The quantitative estimate of drug-likeness (QED) is 0.670. The molecule has 1 rings (SSSR count). The molecule has 0 aliphatic rings. The van der Waals surface area contributed by atoms with Crippen LogP contribution in [0.25, 0.3) is 0 Å². The normalized spacial score (nSPS) is 11.4. The maximum Gasteiger partial charge on any atom is 0.166 e. The Kier molecular flexibility index (Phi) is 4.78. The summed E-state index contributed by atoms with van der Waals surface area (Å²) in [6.45, 7) is 9.36. The highest BCUT2D eigenvalue weighted by atomic mass is 16.1. The third kappa shape index (κ3) is 3.22. The second-order valence-corrected chi connectivity index (χ2v) is 4.80. The molecule has 0 radical (unpaired) electrons. The molecule has 1 heterocycles. The average molecular weight is 221 g/mol. The number of carbonyl (C=O) groups is 1. The van der Waals surface area contributed by atoms with Crippen LogP contribution in [0.2, 0.25) is 0 Å². The van der Waals surface area contributed by atoms with E-state index in [1.807, 2.05) is 32.3 Å². The molecule has 2 nitrogen and oxygen atoms in total. The van der Waals surface area contributed by atoms with E-state index in [4.69, 9.17) is 0 Å². The lowest BCUT2D eigenvalue weighted by molar-refractivity contribution is 0.0939. The van der Waals surface area contributed by atoms with E-state index in [-0.39, 0.29) is 11.7 Å². The van der Waals surface area contributed by atoms with Crippen molar-refractivity contribution >= 4 is 5.78 Å². The van der Waals surface area contributed by atoms with Gasteiger partial charge in [-0.25, -0.2) is 0 Å². The molecule has 0 aromatic carbocycles. The van der Waals surface area contributed by atoms with Crippen molar-refractivity contribution in [3.8, 4) is 0 Å². The van der Waals surface area contributed by atoms with Gasteiger partial charge >= 0.3 is 0 Å². The number of Topliss-reactive ketones (excluding diaryl/α,β-unsaturated/α-hetero) is 1. The Morgan fingerprint density at radius 2 is 1.94 bits per heavy atom. The molecule has 90 valence electrons. The Hall–Kier alpha value is -1.05. The maximum atomic E-state index is 11.8. The minimum absolute atomic E-state index is 0.0870. The molecule has 0 amide bonds. The van der Waals surface area contributed by atoms with Gasteiger partial charge in [0.05, 0.1) is 0 Å².